The van der Waals surface area contributed by atoms with Gasteiger partial charge in [-0.1, -0.05) is 50.2 Å². The summed E-state index contributed by atoms with van der Waals surface area (Å²) in [6.07, 6.45) is 3.04. The maximum absolute atomic E-state index is 5.09. The molecule has 0 saturated heterocycles. The van der Waals surface area contributed by atoms with Gasteiger partial charge >= 0.3 is 0 Å². The van der Waals surface area contributed by atoms with Crippen LogP contribution >= 0.6 is 0 Å². The zero-order valence-corrected chi connectivity index (χ0v) is 19.6. The molecule has 3 heteroatoms. The SMILES string of the molecule is Cc1cc(C(=NCCc2c[nH]c3ccccc23)N(C)C)c2c(C)ccc(C(C)C)cc1-2. The van der Waals surface area contributed by atoms with Crippen LogP contribution in [0.25, 0.3) is 22.0 Å². The Hall–Kier alpha value is -3.07. The molecule has 2 aromatic rings. The van der Waals surface area contributed by atoms with Crippen molar-refractivity contribution in [2.45, 2.75) is 40.0 Å². The molecule has 0 unspecified atom stereocenters. The van der Waals surface area contributed by atoms with Gasteiger partial charge in [-0.2, -0.15) is 0 Å². The summed E-state index contributed by atoms with van der Waals surface area (Å²) in [7, 11) is 4.19. The van der Waals surface area contributed by atoms with Gasteiger partial charge in [0.15, 0.2) is 0 Å². The fourth-order valence-corrected chi connectivity index (χ4v) is 4.46. The zero-order chi connectivity index (χ0) is 22.1. The van der Waals surface area contributed by atoms with Gasteiger partial charge in [0, 0.05) is 43.3 Å². The molecule has 1 aromatic heterocycles. The molecule has 0 aliphatic heterocycles. The van der Waals surface area contributed by atoms with Crippen molar-refractivity contribution in [2.75, 3.05) is 20.6 Å². The van der Waals surface area contributed by atoms with Gasteiger partial charge in [-0.15, -0.1) is 0 Å². The lowest BCUT2D eigenvalue weighted by Crippen LogP contribution is -2.24. The van der Waals surface area contributed by atoms with Crippen molar-refractivity contribution in [2.24, 2.45) is 4.99 Å². The molecule has 160 valence electrons. The van der Waals surface area contributed by atoms with Crippen molar-refractivity contribution in [3.8, 4) is 11.1 Å². The van der Waals surface area contributed by atoms with Crippen molar-refractivity contribution in [1.82, 2.24) is 9.88 Å². The molecular formula is C28H33N3. The highest BCUT2D eigenvalue weighted by Gasteiger charge is 2.21. The highest BCUT2D eigenvalue weighted by molar-refractivity contribution is 6.07. The van der Waals surface area contributed by atoms with Gasteiger partial charge < -0.3 is 9.88 Å². The summed E-state index contributed by atoms with van der Waals surface area (Å²) in [5.74, 6) is 1.56. The summed E-state index contributed by atoms with van der Waals surface area (Å²) in [4.78, 5) is 10.6. The average Bonchev–Trinajstić information content (AvgIpc) is 3.22. The Morgan fingerprint density at radius 2 is 1.77 bits per heavy atom. The van der Waals surface area contributed by atoms with E-state index >= 15 is 0 Å². The number of nitrogens with zero attached hydrogens (tertiary/aromatic N) is 2. The summed E-state index contributed by atoms with van der Waals surface area (Å²) >= 11 is 0. The van der Waals surface area contributed by atoms with Crippen molar-refractivity contribution >= 4 is 16.7 Å². The van der Waals surface area contributed by atoms with Crippen LogP contribution in [0, 0.1) is 13.8 Å². The molecule has 4 rings (SSSR count). The minimum Gasteiger partial charge on any atom is -0.363 e. The van der Waals surface area contributed by atoms with E-state index in [1.165, 1.54) is 49.8 Å². The number of aromatic nitrogens is 1. The molecule has 0 bridgehead atoms. The van der Waals surface area contributed by atoms with Crippen molar-refractivity contribution in [1.29, 1.82) is 0 Å². The maximum atomic E-state index is 5.09. The number of para-hydroxylation sites is 1. The lowest BCUT2D eigenvalue weighted by Gasteiger charge is -2.17. The topological polar surface area (TPSA) is 31.4 Å². The Labute approximate surface area is 186 Å². The lowest BCUT2D eigenvalue weighted by molar-refractivity contribution is 0.619. The first-order valence-electron chi connectivity index (χ1n) is 11.2. The van der Waals surface area contributed by atoms with E-state index in [9.17, 15) is 0 Å². The van der Waals surface area contributed by atoms with E-state index in [1.807, 2.05) is 0 Å². The number of aliphatic imine (C=N–C) groups is 1. The minimum absolute atomic E-state index is 0.505. The van der Waals surface area contributed by atoms with Crippen LogP contribution in [0.1, 0.15) is 47.6 Å². The Balaban J connectivity index is 1.70. The van der Waals surface area contributed by atoms with Crippen LogP contribution in [0.4, 0.5) is 0 Å². The Bertz CT molecular complexity index is 1210. The number of aryl methyl sites for hydroxylation is 2. The number of hydrogen-bond acceptors (Lipinski definition) is 1. The number of fused-ring (bicyclic) bond motifs is 2. The molecule has 31 heavy (non-hydrogen) atoms. The summed E-state index contributed by atoms with van der Waals surface area (Å²) in [6.45, 7) is 9.71. The fourth-order valence-electron chi connectivity index (χ4n) is 4.46. The van der Waals surface area contributed by atoms with E-state index in [0.717, 1.165) is 18.8 Å². The highest BCUT2D eigenvalue weighted by atomic mass is 15.1. The third kappa shape index (κ3) is 4.10. The monoisotopic (exact) mass is 411 g/mol. The molecule has 0 amide bonds. The fraction of sp³-hybridized carbons (Fsp3) is 0.321. The van der Waals surface area contributed by atoms with Crippen LogP contribution in [0.5, 0.6) is 0 Å². The van der Waals surface area contributed by atoms with E-state index in [4.69, 9.17) is 4.99 Å². The molecule has 1 N–H and O–H groups in total. The van der Waals surface area contributed by atoms with Crippen LogP contribution in [0.15, 0.2) is 59.7 Å². The number of H-pyrrole nitrogens is 1. The molecule has 0 fully saturated rings. The standard InChI is InChI=1S/C28H33N3/c1-18(2)21-12-11-19(3)27-24(16-21)20(4)15-25(27)28(31(5)6)29-14-13-22-17-30-26-10-8-7-9-23(22)26/h7-12,15-18,30H,13-14H2,1-6H3. The molecule has 0 radical (unpaired) electrons. The Morgan fingerprint density at radius 1 is 1.00 bits per heavy atom. The quantitative estimate of drug-likeness (QED) is 0.292. The zero-order valence-electron chi connectivity index (χ0n) is 19.6. The van der Waals surface area contributed by atoms with Crippen LogP contribution < -0.4 is 0 Å². The first-order chi connectivity index (χ1) is 14.9. The van der Waals surface area contributed by atoms with Gasteiger partial charge in [-0.25, -0.2) is 0 Å². The van der Waals surface area contributed by atoms with Crippen LogP contribution in [-0.2, 0) is 6.42 Å². The molecule has 0 atom stereocenters. The maximum Gasteiger partial charge on any atom is 0.131 e. The van der Waals surface area contributed by atoms with Crippen LogP contribution in [0.3, 0.4) is 0 Å². The number of nitrogens with one attached hydrogen (secondary N) is 1. The van der Waals surface area contributed by atoms with Gasteiger partial charge in [-0.3, -0.25) is 4.99 Å². The molecular weight excluding hydrogens is 378 g/mol. The number of rotatable bonds is 5. The molecule has 1 aromatic carbocycles. The summed E-state index contributed by atoms with van der Waals surface area (Å²) in [5, 5.41) is 1.29. The van der Waals surface area contributed by atoms with Gasteiger partial charge in [0.2, 0.25) is 0 Å². The second kappa shape index (κ2) is 8.58. The van der Waals surface area contributed by atoms with E-state index in [-0.39, 0.29) is 0 Å². The molecule has 3 nitrogen and oxygen atoms in total. The Morgan fingerprint density at radius 3 is 2.52 bits per heavy atom. The summed E-state index contributed by atoms with van der Waals surface area (Å²) < 4.78 is 0. The minimum atomic E-state index is 0.505. The van der Waals surface area contributed by atoms with Gasteiger partial charge in [0.1, 0.15) is 5.84 Å². The highest BCUT2D eigenvalue weighted by Crippen LogP contribution is 2.36. The lowest BCUT2D eigenvalue weighted by atomic mass is 10.00. The second-order valence-electron chi connectivity index (χ2n) is 9.05. The van der Waals surface area contributed by atoms with Gasteiger partial charge in [0.25, 0.3) is 0 Å². The predicted octanol–water partition coefficient (Wildman–Crippen LogP) is 6.56. The van der Waals surface area contributed by atoms with E-state index in [2.05, 4.69) is 106 Å². The normalized spacial score (nSPS) is 12.3. The largest absolute Gasteiger partial charge is 0.363 e. The molecule has 1 heterocycles. The number of benzene rings is 1. The van der Waals surface area contributed by atoms with Crippen molar-refractivity contribution in [3.05, 3.63) is 82.5 Å². The first-order valence-corrected chi connectivity index (χ1v) is 11.2. The van der Waals surface area contributed by atoms with Crippen LogP contribution in [0.2, 0.25) is 0 Å². The Kier molecular flexibility index (Phi) is 5.86. The predicted molar refractivity (Wildman–Crippen MR) is 134 cm³/mol. The molecule has 2 aliphatic carbocycles. The average molecular weight is 412 g/mol. The third-order valence-corrected chi connectivity index (χ3v) is 6.20. The van der Waals surface area contributed by atoms with Crippen molar-refractivity contribution < 1.29 is 0 Å². The third-order valence-electron chi connectivity index (χ3n) is 6.20. The first kappa shape index (κ1) is 21.2. The summed E-state index contributed by atoms with van der Waals surface area (Å²) in [5.41, 5.74) is 10.4. The number of aromatic amines is 1. The van der Waals surface area contributed by atoms with Gasteiger partial charge in [0.05, 0.1) is 0 Å². The number of amidine groups is 1. The second-order valence-corrected chi connectivity index (χ2v) is 9.05. The molecule has 2 aliphatic rings. The molecule has 0 saturated carbocycles. The number of hydrogen-bond donors (Lipinski definition) is 1. The van der Waals surface area contributed by atoms with E-state index in [1.54, 1.807) is 0 Å². The smallest absolute Gasteiger partial charge is 0.131 e. The van der Waals surface area contributed by atoms with E-state index in [0.29, 0.717) is 5.92 Å². The van der Waals surface area contributed by atoms with Crippen molar-refractivity contribution in [3.63, 3.8) is 0 Å². The van der Waals surface area contributed by atoms with Gasteiger partial charge in [-0.05, 0) is 71.7 Å². The van der Waals surface area contributed by atoms with E-state index < -0.39 is 0 Å². The molecule has 0 spiro atoms. The summed E-state index contributed by atoms with van der Waals surface area (Å²) in [6, 6.07) is 17.7. The van der Waals surface area contributed by atoms with Crippen LogP contribution in [-0.4, -0.2) is 36.4 Å².